The SMILES string of the molecule is OC1CCC2CN(CCCCS)CC12. The van der Waals surface area contributed by atoms with Gasteiger partial charge in [0.2, 0.25) is 0 Å². The van der Waals surface area contributed by atoms with Crippen LogP contribution in [0.25, 0.3) is 0 Å². The molecule has 1 aliphatic heterocycles. The van der Waals surface area contributed by atoms with Crippen molar-refractivity contribution < 1.29 is 5.11 Å². The summed E-state index contributed by atoms with van der Waals surface area (Å²) in [6, 6.07) is 0. The molecule has 3 heteroatoms. The molecule has 2 nitrogen and oxygen atoms in total. The molecule has 3 atom stereocenters. The lowest BCUT2D eigenvalue weighted by molar-refractivity contribution is 0.124. The number of hydrogen-bond donors (Lipinski definition) is 2. The number of rotatable bonds is 4. The van der Waals surface area contributed by atoms with Crippen LogP contribution in [-0.2, 0) is 0 Å². The number of fused-ring (bicyclic) bond motifs is 1. The first-order chi connectivity index (χ1) is 6.81. The van der Waals surface area contributed by atoms with Crippen molar-refractivity contribution in [1.82, 2.24) is 4.90 Å². The Labute approximate surface area is 92.1 Å². The minimum absolute atomic E-state index is 0.00474. The first-order valence-corrected chi connectivity index (χ1v) is 6.46. The molecule has 0 aromatic carbocycles. The summed E-state index contributed by atoms with van der Waals surface area (Å²) >= 11 is 4.22. The number of thiol groups is 1. The molecule has 1 saturated carbocycles. The lowest BCUT2D eigenvalue weighted by Gasteiger charge is -2.17. The van der Waals surface area contributed by atoms with Crippen LogP contribution in [0.15, 0.2) is 0 Å². The van der Waals surface area contributed by atoms with Gasteiger partial charge in [-0.15, -0.1) is 0 Å². The van der Waals surface area contributed by atoms with Crippen LogP contribution in [0.2, 0.25) is 0 Å². The lowest BCUT2D eigenvalue weighted by atomic mass is 10.00. The average molecular weight is 215 g/mol. The van der Waals surface area contributed by atoms with Crippen LogP contribution >= 0.6 is 12.6 Å². The monoisotopic (exact) mass is 215 g/mol. The number of aliphatic hydroxyl groups is 1. The van der Waals surface area contributed by atoms with Gasteiger partial charge in [-0.05, 0) is 43.9 Å². The van der Waals surface area contributed by atoms with Gasteiger partial charge in [0.1, 0.15) is 0 Å². The van der Waals surface area contributed by atoms with Crippen LogP contribution in [0.5, 0.6) is 0 Å². The molecule has 0 spiro atoms. The van der Waals surface area contributed by atoms with Crippen molar-refractivity contribution >= 4 is 12.6 Å². The molecule has 0 amide bonds. The summed E-state index contributed by atoms with van der Waals surface area (Å²) in [5.74, 6) is 2.38. The van der Waals surface area contributed by atoms with Crippen molar-refractivity contribution in [3.8, 4) is 0 Å². The van der Waals surface area contributed by atoms with Gasteiger partial charge in [0, 0.05) is 19.0 Å². The maximum atomic E-state index is 9.75. The lowest BCUT2D eigenvalue weighted by Crippen LogP contribution is -2.25. The van der Waals surface area contributed by atoms with Gasteiger partial charge in [-0.25, -0.2) is 0 Å². The molecule has 1 saturated heterocycles. The molecule has 2 rings (SSSR count). The van der Waals surface area contributed by atoms with E-state index in [0.29, 0.717) is 5.92 Å². The second-order valence-electron chi connectivity index (χ2n) is 4.76. The number of aliphatic hydroxyl groups excluding tert-OH is 1. The maximum Gasteiger partial charge on any atom is 0.0583 e. The fourth-order valence-corrected chi connectivity index (χ4v) is 3.18. The Kier molecular flexibility index (Phi) is 3.74. The van der Waals surface area contributed by atoms with Gasteiger partial charge in [0.15, 0.2) is 0 Å². The summed E-state index contributed by atoms with van der Waals surface area (Å²) in [6.45, 7) is 3.58. The summed E-state index contributed by atoms with van der Waals surface area (Å²) in [6.07, 6.45) is 4.76. The Balaban J connectivity index is 1.72. The van der Waals surface area contributed by atoms with Crippen molar-refractivity contribution in [2.45, 2.75) is 31.8 Å². The van der Waals surface area contributed by atoms with Crippen molar-refractivity contribution in [2.24, 2.45) is 11.8 Å². The highest BCUT2D eigenvalue weighted by molar-refractivity contribution is 7.80. The molecule has 0 aromatic rings. The summed E-state index contributed by atoms with van der Waals surface area (Å²) in [7, 11) is 0. The Morgan fingerprint density at radius 3 is 2.79 bits per heavy atom. The van der Waals surface area contributed by atoms with Gasteiger partial charge in [0.25, 0.3) is 0 Å². The maximum absolute atomic E-state index is 9.75. The van der Waals surface area contributed by atoms with Crippen molar-refractivity contribution in [1.29, 1.82) is 0 Å². The van der Waals surface area contributed by atoms with Gasteiger partial charge in [-0.2, -0.15) is 12.6 Å². The van der Waals surface area contributed by atoms with Crippen LogP contribution in [-0.4, -0.2) is 41.5 Å². The van der Waals surface area contributed by atoms with Gasteiger partial charge in [-0.3, -0.25) is 0 Å². The first-order valence-electron chi connectivity index (χ1n) is 5.82. The summed E-state index contributed by atoms with van der Waals surface area (Å²) < 4.78 is 0. The molecule has 0 bridgehead atoms. The zero-order chi connectivity index (χ0) is 9.97. The van der Waals surface area contributed by atoms with E-state index in [-0.39, 0.29) is 6.10 Å². The molecule has 1 aliphatic carbocycles. The third-order valence-electron chi connectivity index (χ3n) is 3.78. The van der Waals surface area contributed by atoms with Crippen molar-refractivity contribution in [2.75, 3.05) is 25.4 Å². The number of unbranched alkanes of at least 4 members (excludes halogenated alkanes) is 1. The third kappa shape index (κ3) is 2.26. The van der Waals surface area contributed by atoms with E-state index in [1.807, 2.05) is 0 Å². The molecule has 3 unspecified atom stereocenters. The molecule has 82 valence electrons. The highest BCUT2D eigenvalue weighted by atomic mass is 32.1. The smallest absolute Gasteiger partial charge is 0.0583 e. The highest BCUT2D eigenvalue weighted by Crippen LogP contribution is 2.37. The highest BCUT2D eigenvalue weighted by Gasteiger charge is 2.41. The summed E-state index contributed by atoms with van der Waals surface area (Å²) in [5, 5.41) is 9.75. The minimum Gasteiger partial charge on any atom is -0.393 e. The largest absolute Gasteiger partial charge is 0.393 e. The third-order valence-corrected chi connectivity index (χ3v) is 4.09. The standard InChI is InChI=1S/C11H21NOS/c13-11-4-3-9-7-12(8-10(9)11)5-1-2-6-14/h9-11,13-14H,1-8H2. The zero-order valence-corrected chi connectivity index (χ0v) is 9.62. The molecule has 1 N–H and O–H groups in total. The molecule has 0 aromatic heterocycles. The van der Waals surface area contributed by atoms with E-state index in [0.717, 1.165) is 24.6 Å². The fourth-order valence-electron chi connectivity index (χ4n) is 2.96. The van der Waals surface area contributed by atoms with Crippen molar-refractivity contribution in [3.05, 3.63) is 0 Å². The van der Waals surface area contributed by atoms with Crippen LogP contribution in [0, 0.1) is 11.8 Å². The second kappa shape index (κ2) is 4.86. The Morgan fingerprint density at radius 1 is 1.21 bits per heavy atom. The topological polar surface area (TPSA) is 23.5 Å². The zero-order valence-electron chi connectivity index (χ0n) is 8.73. The Hall–Kier alpha value is 0.270. The molecule has 2 fully saturated rings. The molecular formula is C11H21NOS. The van der Waals surface area contributed by atoms with Crippen LogP contribution < -0.4 is 0 Å². The van der Waals surface area contributed by atoms with E-state index in [1.54, 1.807) is 0 Å². The van der Waals surface area contributed by atoms with E-state index in [4.69, 9.17) is 0 Å². The van der Waals surface area contributed by atoms with Gasteiger partial charge in [-0.1, -0.05) is 0 Å². The quantitative estimate of drug-likeness (QED) is 0.547. The Morgan fingerprint density at radius 2 is 2.07 bits per heavy atom. The van der Waals surface area contributed by atoms with Gasteiger partial charge in [0.05, 0.1) is 6.10 Å². The predicted molar refractivity (Wildman–Crippen MR) is 61.7 cm³/mol. The van der Waals surface area contributed by atoms with E-state index in [2.05, 4.69) is 17.5 Å². The molecule has 0 radical (unpaired) electrons. The van der Waals surface area contributed by atoms with E-state index < -0.39 is 0 Å². The number of likely N-dealkylation sites (tertiary alicyclic amines) is 1. The minimum atomic E-state index is -0.00474. The fraction of sp³-hybridized carbons (Fsp3) is 1.00. The Bertz CT molecular complexity index is 188. The first kappa shape index (κ1) is 10.8. The number of hydrogen-bond acceptors (Lipinski definition) is 3. The molecule has 14 heavy (non-hydrogen) atoms. The van der Waals surface area contributed by atoms with E-state index >= 15 is 0 Å². The second-order valence-corrected chi connectivity index (χ2v) is 5.21. The van der Waals surface area contributed by atoms with Gasteiger partial charge < -0.3 is 10.0 Å². The van der Waals surface area contributed by atoms with Crippen LogP contribution in [0.1, 0.15) is 25.7 Å². The number of nitrogens with zero attached hydrogens (tertiary/aromatic N) is 1. The molecular weight excluding hydrogens is 194 g/mol. The summed E-state index contributed by atoms with van der Waals surface area (Å²) in [4.78, 5) is 2.53. The molecule has 2 aliphatic rings. The molecule has 1 heterocycles. The average Bonchev–Trinajstić information content (AvgIpc) is 2.70. The van der Waals surface area contributed by atoms with E-state index in [1.165, 1.54) is 32.4 Å². The predicted octanol–water partition coefficient (Wildman–Crippen LogP) is 1.40. The normalized spacial score (nSPS) is 37.7. The van der Waals surface area contributed by atoms with E-state index in [9.17, 15) is 5.11 Å². The van der Waals surface area contributed by atoms with Crippen LogP contribution in [0.3, 0.4) is 0 Å². The summed E-state index contributed by atoms with van der Waals surface area (Å²) in [5.41, 5.74) is 0. The van der Waals surface area contributed by atoms with Crippen LogP contribution in [0.4, 0.5) is 0 Å². The van der Waals surface area contributed by atoms with Gasteiger partial charge >= 0.3 is 0 Å². The van der Waals surface area contributed by atoms with Crippen molar-refractivity contribution in [3.63, 3.8) is 0 Å².